The summed E-state index contributed by atoms with van der Waals surface area (Å²) in [6.45, 7) is 8.63. The summed E-state index contributed by atoms with van der Waals surface area (Å²) in [5.74, 6) is 1.88. The van der Waals surface area contributed by atoms with Crippen LogP contribution in [0.5, 0.6) is 5.75 Å². The molecule has 1 saturated heterocycles. The number of ether oxygens (including phenoxy) is 2. The zero-order valence-corrected chi connectivity index (χ0v) is 15.5. The van der Waals surface area contributed by atoms with Gasteiger partial charge in [0.15, 0.2) is 5.96 Å². The smallest absolute Gasteiger partial charge is 0.188 e. The third kappa shape index (κ3) is 7.75. The Balaban J connectivity index is 1.60. The number of aliphatic imine (C=N–C) groups is 1. The second kappa shape index (κ2) is 10.9. The van der Waals surface area contributed by atoms with Crippen LogP contribution in [0.25, 0.3) is 0 Å². The van der Waals surface area contributed by atoms with Crippen molar-refractivity contribution >= 4 is 5.96 Å². The van der Waals surface area contributed by atoms with E-state index in [0.29, 0.717) is 11.9 Å². The molecule has 0 aliphatic carbocycles. The van der Waals surface area contributed by atoms with Gasteiger partial charge in [-0.05, 0) is 43.0 Å². The van der Waals surface area contributed by atoms with E-state index in [9.17, 15) is 0 Å². The molecule has 3 N–H and O–H groups in total. The standard InChI is InChI=1S/C19H32N4O2/c1-16(14-17-4-6-18(24-2)7-5-17)15-22-19(20)21-8-3-9-23-10-12-25-13-11-23/h4-7,16H,3,8-15H2,1-2H3,(H3,20,21,22). The molecule has 2 rings (SSSR count). The lowest BCUT2D eigenvalue weighted by Gasteiger charge is -2.26. The Bertz CT molecular complexity index is 513. The van der Waals surface area contributed by atoms with Crippen LogP contribution >= 0.6 is 0 Å². The van der Waals surface area contributed by atoms with Crippen LogP contribution < -0.4 is 15.8 Å². The van der Waals surface area contributed by atoms with Gasteiger partial charge in [0.2, 0.25) is 0 Å². The van der Waals surface area contributed by atoms with E-state index in [4.69, 9.17) is 15.2 Å². The molecule has 0 radical (unpaired) electrons. The number of hydrogen-bond donors (Lipinski definition) is 2. The summed E-state index contributed by atoms with van der Waals surface area (Å²) >= 11 is 0. The Kier molecular flexibility index (Phi) is 8.55. The van der Waals surface area contributed by atoms with Crippen LogP contribution in [0.4, 0.5) is 0 Å². The van der Waals surface area contributed by atoms with Gasteiger partial charge in [0, 0.05) is 26.2 Å². The Morgan fingerprint density at radius 2 is 2.04 bits per heavy atom. The van der Waals surface area contributed by atoms with Gasteiger partial charge in [0.1, 0.15) is 5.75 Å². The largest absolute Gasteiger partial charge is 0.497 e. The minimum absolute atomic E-state index is 0.446. The van der Waals surface area contributed by atoms with Gasteiger partial charge >= 0.3 is 0 Å². The number of nitrogens with one attached hydrogen (secondary N) is 1. The van der Waals surface area contributed by atoms with Gasteiger partial charge in [-0.2, -0.15) is 0 Å². The van der Waals surface area contributed by atoms with Gasteiger partial charge < -0.3 is 20.5 Å². The predicted molar refractivity (Wildman–Crippen MR) is 102 cm³/mol. The average molecular weight is 348 g/mol. The van der Waals surface area contributed by atoms with E-state index < -0.39 is 0 Å². The minimum Gasteiger partial charge on any atom is -0.497 e. The molecule has 1 unspecified atom stereocenters. The topological polar surface area (TPSA) is 72.1 Å². The molecule has 140 valence electrons. The van der Waals surface area contributed by atoms with Crippen molar-refractivity contribution < 1.29 is 9.47 Å². The number of rotatable bonds is 9. The van der Waals surface area contributed by atoms with Gasteiger partial charge in [-0.15, -0.1) is 0 Å². The SMILES string of the molecule is COc1ccc(CC(C)CN=C(N)NCCCN2CCOCC2)cc1. The van der Waals surface area contributed by atoms with Crippen molar-refractivity contribution in [2.45, 2.75) is 19.8 Å². The normalized spacial score (nSPS) is 17.3. The Labute approximate surface area is 151 Å². The molecule has 0 aromatic heterocycles. The van der Waals surface area contributed by atoms with Crippen LogP contribution in [-0.2, 0) is 11.2 Å². The van der Waals surface area contributed by atoms with Crippen molar-refractivity contribution in [3.05, 3.63) is 29.8 Å². The highest BCUT2D eigenvalue weighted by Gasteiger charge is 2.09. The van der Waals surface area contributed by atoms with Gasteiger partial charge in [-0.25, -0.2) is 0 Å². The lowest BCUT2D eigenvalue weighted by molar-refractivity contribution is 0.0376. The Morgan fingerprint density at radius 1 is 1.32 bits per heavy atom. The van der Waals surface area contributed by atoms with Gasteiger partial charge in [-0.1, -0.05) is 19.1 Å². The number of nitrogens with zero attached hydrogens (tertiary/aromatic N) is 2. The van der Waals surface area contributed by atoms with Crippen LogP contribution in [0.15, 0.2) is 29.3 Å². The third-order valence-electron chi connectivity index (χ3n) is 4.38. The third-order valence-corrected chi connectivity index (χ3v) is 4.38. The molecule has 1 heterocycles. The zero-order valence-electron chi connectivity index (χ0n) is 15.5. The lowest BCUT2D eigenvalue weighted by Crippen LogP contribution is -2.39. The van der Waals surface area contributed by atoms with Gasteiger partial charge in [0.05, 0.1) is 20.3 Å². The summed E-state index contributed by atoms with van der Waals surface area (Å²) in [7, 11) is 1.68. The number of benzene rings is 1. The maximum Gasteiger partial charge on any atom is 0.188 e. The van der Waals surface area contributed by atoms with Gasteiger partial charge in [0.25, 0.3) is 0 Å². The zero-order chi connectivity index (χ0) is 17.9. The molecule has 0 saturated carbocycles. The van der Waals surface area contributed by atoms with E-state index in [1.54, 1.807) is 7.11 Å². The number of methoxy groups -OCH3 is 1. The second-order valence-corrected chi connectivity index (χ2v) is 6.62. The van der Waals surface area contributed by atoms with Crippen molar-refractivity contribution in [1.82, 2.24) is 10.2 Å². The lowest BCUT2D eigenvalue weighted by atomic mass is 10.0. The van der Waals surface area contributed by atoms with Crippen LogP contribution in [0, 0.1) is 5.92 Å². The second-order valence-electron chi connectivity index (χ2n) is 6.62. The van der Waals surface area contributed by atoms with E-state index in [1.807, 2.05) is 12.1 Å². The number of guanidine groups is 1. The highest BCUT2D eigenvalue weighted by Crippen LogP contribution is 2.14. The molecule has 0 bridgehead atoms. The highest BCUT2D eigenvalue weighted by atomic mass is 16.5. The van der Waals surface area contributed by atoms with Crippen molar-refractivity contribution in [2.24, 2.45) is 16.6 Å². The van der Waals surface area contributed by atoms with Crippen LogP contribution in [0.2, 0.25) is 0 Å². The fourth-order valence-corrected chi connectivity index (χ4v) is 2.88. The molecule has 1 aliphatic heterocycles. The number of morpholine rings is 1. The number of nitrogens with two attached hydrogens (primary N) is 1. The Morgan fingerprint density at radius 3 is 2.72 bits per heavy atom. The minimum atomic E-state index is 0.446. The van der Waals surface area contributed by atoms with E-state index in [0.717, 1.165) is 64.5 Å². The molecule has 25 heavy (non-hydrogen) atoms. The quantitative estimate of drug-likeness (QED) is 0.402. The maximum atomic E-state index is 5.96. The van der Waals surface area contributed by atoms with Crippen LogP contribution in [0.1, 0.15) is 18.9 Å². The summed E-state index contributed by atoms with van der Waals surface area (Å²) in [6.07, 6.45) is 2.05. The Hall–Kier alpha value is -1.79. The van der Waals surface area contributed by atoms with E-state index in [1.165, 1.54) is 5.56 Å². The van der Waals surface area contributed by atoms with Crippen LogP contribution in [-0.4, -0.2) is 63.9 Å². The average Bonchev–Trinajstić information content (AvgIpc) is 2.65. The van der Waals surface area contributed by atoms with Crippen LogP contribution in [0.3, 0.4) is 0 Å². The van der Waals surface area contributed by atoms with E-state index in [-0.39, 0.29) is 0 Å². The highest BCUT2D eigenvalue weighted by molar-refractivity contribution is 5.77. The first-order chi connectivity index (χ1) is 12.2. The van der Waals surface area contributed by atoms with Gasteiger partial charge in [-0.3, -0.25) is 9.89 Å². The van der Waals surface area contributed by atoms with E-state index in [2.05, 4.69) is 34.3 Å². The maximum absolute atomic E-state index is 5.96. The van der Waals surface area contributed by atoms with Crippen molar-refractivity contribution in [3.8, 4) is 5.75 Å². The first-order valence-electron chi connectivity index (χ1n) is 9.14. The molecule has 6 nitrogen and oxygen atoms in total. The van der Waals surface area contributed by atoms with Crippen molar-refractivity contribution in [1.29, 1.82) is 0 Å². The first-order valence-corrected chi connectivity index (χ1v) is 9.14. The fraction of sp³-hybridized carbons (Fsp3) is 0.632. The molecule has 0 amide bonds. The van der Waals surface area contributed by atoms with Crippen molar-refractivity contribution in [3.63, 3.8) is 0 Å². The summed E-state index contributed by atoms with van der Waals surface area (Å²) in [5.41, 5.74) is 7.25. The van der Waals surface area contributed by atoms with E-state index >= 15 is 0 Å². The number of hydrogen-bond acceptors (Lipinski definition) is 4. The molecule has 6 heteroatoms. The first kappa shape index (κ1) is 19.5. The molecular weight excluding hydrogens is 316 g/mol. The molecule has 1 atom stereocenters. The molecule has 0 spiro atoms. The summed E-state index contributed by atoms with van der Waals surface area (Å²) < 4.78 is 10.5. The molecule has 1 aromatic rings. The summed E-state index contributed by atoms with van der Waals surface area (Å²) in [5, 5.41) is 3.21. The molecule has 1 aliphatic rings. The molecule has 1 fully saturated rings. The summed E-state index contributed by atoms with van der Waals surface area (Å²) in [4.78, 5) is 6.89. The fourth-order valence-electron chi connectivity index (χ4n) is 2.88. The molecule has 1 aromatic carbocycles. The molecular formula is C19H32N4O2. The summed E-state index contributed by atoms with van der Waals surface area (Å²) in [6, 6.07) is 8.20. The monoisotopic (exact) mass is 348 g/mol. The predicted octanol–water partition coefficient (Wildman–Crippen LogP) is 1.50. The van der Waals surface area contributed by atoms with Crippen molar-refractivity contribution in [2.75, 3.05) is 53.0 Å².